The number of carbonyl (C=O) groups excluding carboxylic acids is 1. The molecule has 0 radical (unpaired) electrons. The molecule has 1 amide bonds. The molecule has 0 heterocycles. The third kappa shape index (κ3) is 3.49. The van der Waals surface area contributed by atoms with Crippen molar-refractivity contribution in [3.63, 3.8) is 0 Å². The van der Waals surface area contributed by atoms with Crippen LogP contribution in [0.3, 0.4) is 0 Å². The number of nitrogens with one attached hydrogen (secondary N) is 1. The maximum atomic E-state index is 14.0. The molecule has 5 unspecified atom stereocenters. The summed E-state index contributed by atoms with van der Waals surface area (Å²) in [5, 5.41) is 3.53. The number of ether oxygens (including phenoxy) is 1. The lowest BCUT2D eigenvalue weighted by Crippen LogP contribution is -2.48. The first kappa shape index (κ1) is 21.2. The van der Waals surface area contributed by atoms with Gasteiger partial charge in [-0.25, -0.2) is 0 Å². The number of para-hydroxylation sites is 1. The largest absolute Gasteiger partial charge is 0.490 e. The van der Waals surface area contributed by atoms with Crippen molar-refractivity contribution in [3.05, 3.63) is 66.2 Å². The Bertz CT molecular complexity index is 987. The van der Waals surface area contributed by atoms with Gasteiger partial charge in [-0.2, -0.15) is 0 Å². The second kappa shape index (κ2) is 8.16. The van der Waals surface area contributed by atoms with Gasteiger partial charge in [-0.05, 0) is 92.9 Å². The molecule has 5 fully saturated rings. The van der Waals surface area contributed by atoms with Crippen LogP contribution in [0.1, 0.15) is 56.9 Å². The number of carbonyl (C=O) groups is 1. The minimum atomic E-state index is -0.303. The Hall–Kier alpha value is -2.33. The van der Waals surface area contributed by atoms with E-state index >= 15 is 0 Å². The van der Waals surface area contributed by atoms with Gasteiger partial charge < -0.3 is 15.8 Å². The number of hydrogen-bond acceptors (Lipinski definition) is 3. The lowest BCUT2D eigenvalue weighted by atomic mass is 9.63. The van der Waals surface area contributed by atoms with Crippen molar-refractivity contribution < 1.29 is 9.53 Å². The Morgan fingerprint density at radius 1 is 0.939 bits per heavy atom. The molecule has 4 nitrogen and oxygen atoms in total. The molecule has 2 aromatic rings. The zero-order chi connectivity index (χ0) is 22.5. The molecule has 0 saturated heterocycles. The van der Waals surface area contributed by atoms with Gasteiger partial charge in [0.05, 0.1) is 5.41 Å². The molecule has 0 spiro atoms. The van der Waals surface area contributed by atoms with E-state index in [9.17, 15) is 4.79 Å². The summed E-state index contributed by atoms with van der Waals surface area (Å²) in [5.41, 5.74) is 7.11. The van der Waals surface area contributed by atoms with Crippen molar-refractivity contribution >= 4 is 5.91 Å². The summed E-state index contributed by atoms with van der Waals surface area (Å²) in [6.07, 6.45) is 8.63. The van der Waals surface area contributed by atoms with Gasteiger partial charge >= 0.3 is 0 Å². The van der Waals surface area contributed by atoms with Crippen LogP contribution in [0.25, 0.3) is 0 Å². The van der Waals surface area contributed by atoms with Gasteiger partial charge in [0.2, 0.25) is 5.91 Å². The SMILES string of the molecule is NCC1CCC(NC(=O)C23CC4CC(c5ccccc5)(CC2C4Oc2ccccc2)C3)CC1. The minimum Gasteiger partial charge on any atom is -0.490 e. The maximum Gasteiger partial charge on any atom is 0.226 e. The summed E-state index contributed by atoms with van der Waals surface area (Å²) in [5.74, 6) is 2.56. The first-order valence-corrected chi connectivity index (χ1v) is 12.9. The average Bonchev–Trinajstić information content (AvgIpc) is 3.23. The first-order valence-electron chi connectivity index (χ1n) is 12.9. The lowest BCUT2D eigenvalue weighted by molar-refractivity contribution is -0.134. The molecular formula is C29H36N2O2. The lowest BCUT2D eigenvalue weighted by Gasteiger charge is -2.43. The highest BCUT2D eigenvalue weighted by Crippen LogP contribution is 2.71. The fraction of sp³-hybridized carbons (Fsp3) is 0.552. The second-order valence-corrected chi connectivity index (χ2v) is 11.3. The van der Waals surface area contributed by atoms with Crippen LogP contribution in [0.15, 0.2) is 60.7 Å². The first-order chi connectivity index (χ1) is 16.1. The number of benzene rings is 2. The van der Waals surface area contributed by atoms with E-state index in [2.05, 4.69) is 35.6 Å². The van der Waals surface area contributed by atoms with Crippen LogP contribution in [-0.4, -0.2) is 24.6 Å². The molecular weight excluding hydrogens is 408 g/mol. The summed E-state index contributed by atoms with van der Waals surface area (Å²) in [4.78, 5) is 14.0. The molecule has 4 bridgehead atoms. The number of hydrogen-bond donors (Lipinski definition) is 2. The summed E-state index contributed by atoms with van der Waals surface area (Å²) in [7, 11) is 0. The van der Waals surface area contributed by atoms with Crippen LogP contribution in [0.2, 0.25) is 0 Å². The van der Waals surface area contributed by atoms with Gasteiger partial charge in [0.1, 0.15) is 11.9 Å². The zero-order valence-corrected chi connectivity index (χ0v) is 19.4. The van der Waals surface area contributed by atoms with Crippen molar-refractivity contribution in [1.82, 2.24) is 5.32 Å². The van der Waals surface area contributed by atoms with Gasteiger partial charge in [-0.15, -0.1) is 0 Å². The van der Waals surface area contributed by atoms with Gasteiger partial charge in [-0.3, -0.25) is 4.79 Å². The number of rotatable bonds is 6. The van der Waals surface area contributed by atoms with Crippen molar-refractivity contribution in [2.45, 2.75) is 68.9 Å². The second-order valence-electron chi connectivity index (χ2n) is 11.3. The molecule has 33 heavy (non-hydrogen) atoms. The molecule has 5 saturated carbocycles. The third-order valence-electron chi connectivity index (χ3n) is 9.48. The number of amides is 1. The van der Waals surface area contributed by atoms with Gasteiger partial charge in [0.25, 0.3) is 0 Å². The van der Waals surface area contributed by atoms with Gasteiger partial charge in [0, 0.05) is 12.0 Å². The van der Waals surface area contributed by atoms with Crippen molar-refractivity contribution in [2.24, 2.45) is 28.9 Å². The van der Waals surface area contributed by atoms with Crippen LogP contribution in [-0.2, 0) is 10.2 Å². The molecule has 2 aromatic carbocycles. The number of nitrogens with two attached hydrogens (primary N) is 1. The Morgan fingerprint density at radius 2 is 1.64 bits per heavy atom. The Morgan fingerprint density at radius 3 is 2.33 bits per heavy atom. The smallest absolute Gasteiger partial charge is 0.226 e. The zero-order valence-electron chi connectivity index (χ0n) is 19.4. The quantitative estimate of drug-likeness (QED) is 0.671. The summed E-state index contributed by atoms with van der Waals surface area (Å²) in [6.45, 7) is 0.770. The summed E-state index contributed by atoms with van der Waals surface area (Å²) in [6, 6.07) is 21.4. The highest BCUT2D eigenvalue weighted by molar-refractivity contribution is 5.85. The highest BCUT2D eigenvalue weighted by Gasteiger charge is 2.71. The molecule has 0 aromatic heterocycles. The molecule has 174 valence electrons. The van der Waals surface area contributed by atoms with Crippen LogP contribution in [0.4, 0.5) is 0 Å². The molecule has 4 heteroatoms. The maximum absolute atomic E-state index is 14.0. The monoisotopic (exact) mass is 444 g/mol. The molecule has 5 atom stereocenters. The van der Waals surface area contributed by atoms with E-state index in [1.54, 1.807) is 0 Å². The Labute approximate surface area is 197 Å². The van der Waals surface area contributed by atoms with E-state index in [0.29, 0.717) is 23.8 Å². The van der Waals surface area contributed by atoms with Crippen molar-refractivity contribution in [3.8, 4) is 5.75 Å². The van der Waals surface area contributed by atoms with Crippen LogP contribution >= 0.6 is 0 Å². The van der Waals surface area contributed by atoms with Crippen molar-refractivity contribution in [1.29, 1.82) is 0 Å². The van der Waals surface area contributed by atoms with E-state index in [-0.39, 0.29) is 22.9 Å². The standard InChI is InChI=1S/C29H36N2O2/c30-18-20-11-13-23(14-12-20)31-27(32)29-16-21-15-28(19-29,22-7-3-1-4-8-22)17-25(29)26(21)33-24-9-5-2-6-10-24/h1-10,20-21,23,25-26H,11-19,30H2,(H,31,32). The molecule has 3 N–H and O–H groups in total. The Kier molecular flexibility index (Phi) is 5.25. The van der Waals surface area contributed by atoms with Gasteiger partial charge in [0.15, 0.2) is 0 Å². The topological polar surface area (TPSA) is 64.3 Å². The summed E-state index contributed by atoms with van der Waals surface area (Å²) >= 11 is 0. The van der Waals surface area contributed by atoms with E-state index in [4.69, 9.17) is 10.5 Å². The Balaban J connectivity index is 1.28. The normalized spacial score (nSPS) is 38.9. The van der Waals surface area contributed by atoms with Crippen LogP contribution in [0.5, 0.6) is 5.75 Å². The highest BCUT2D eigenvalue weighted by atomic mass is 16.5. The molecule has 5 aliphatic carbocycles. The van der Waals surface area contributed by atoms with Crippen LogP contribution < -0.4 is 15.8 Å². The van der Waals surface area contributed by atoms with E-state index in [1.807, 2.05) is 30.3 Å². The van der Waals surface area contributed by atoms with Gasteiger partial charge in [-0.1, -0.05) is 48.5 Å². The predicted octanol–water partition coefficient (Wildman–Crippen LogP) is 4.83. The van der Waals surface area contributed by atoms with E-state index in [0.717, 1.165) is 63.7 Å². The predicted molar refractivity (Wildman–Crippen MR) is 130 cm³/mol. The third-order valence-corrected chi connectivity index (χ3v) is 9.48. The molecule has 5 aliphatic rings. The molecule has 0 aliphatic heterocycles. The fourth-order valence-corrected chi connectivity index (χ4v) is 8.01. The van der Waals surface area contributed by atoms with Crippen molar-refractivity contribution in [2.75, 3.05) is 6.54 Å². The summed E-state index contributed by atoms with van der Waals surface area (Å²) < 4.78 is 6.62. The molecule has 7 rings (SSSR count). The minimum absolute atomic E-state index is 0.111. The van der Waals surface area contributed by atoms with E-state index < -0.39 is 0 Å². The average molecular weight is 445 g/mol. The van der Waals surface area contributed by atoms with Crippen LogP contribution in [0, 0.1) is 23.2 Å². The van der Waals surface area contributed by atoms with E-state index in [1.165, 1.54) is 5.56 Å². The fourth-order valence-electron chi connectivity index (χ4n) is 8.01.